The van der Waals surface area contributed by atoms with Crippen molar-refractivity contribution in [3.8, 4) is 5.88 Å². The van der Waals surface area contributed by atoms with Gasteiger partial charge in [-0.1, -0.05) is 41.9 Å². The molecule has 0 fully saturated rings. The van der Waals surface area contributed by atoms with Crippen molar-refractivity contribution in [2.45, 2.75) is 76.3 Å². The summed E-state index contributed by atoms with van der Waals surface area (Å²) < 4.78 is 42.7. The van der Waals surface area contributed by atoms with Crippen LogP contribution >= 0.6 is 11.6 Å². The van der Waals surface area contributed by atoms with Gasteiger partial charge in [0.2, 0.25) is 15.9 Å². The molecular weight excluding hydrogens is 602 g/mol. The molecule has 0 radical (unpaired) electrons. The Kier molecular flexibility index (Phi) is 8.38. The van der Waals surface area contributed by atoms with Crippen LogP contribution in [-0.4, -0.2) is 57.9 Å². The zero-order chi connectivity index (χ0) is 31.2. The maximum atomic E-state index is 14.0. The number of rotatable bonds is 8. The average Bonchev–Trinajstić information content (AvgIpc) is 3.60. The minimum absolute atomic E-state index is 0.0127. The van der Waals surface area contributed by atoms with Crippen molar-refractivity contribution in [2.75, 3.05) is 13.2 Å². The van der Waals surface area contributed by atoms with Gasteiger partial charge in [-0.25, -0.2) is 18.1 Å². The van der Waals surface area contributed by atoms with Gasteiger partial charge in [0.25, 0.3) is 0 Å². The van der Waals surface area contributed by atoms with Crippen molar-refractivity contribution in [3.05, 3.63) is 74.9 Å². The quantitative estimate of drug-likeness (QED) is 0.190. The molecule has 232 valence electrons. The van der Waals surface area contributed by atoms with E-state index in [1.54, 1.807) is 11.6 Å². The van der Waals surface area contributed by atoms with E-state index in [1.807, 2.05) is 33.0 Å². The van der Waals surface area contributed by atoms with Gasteiger partial charge < -0.3 is 9.47 Å². The van der Waals surface area contributed by atoms with Gasteiger partial charge in [-0.3, -0.25) is 4.79 Å². The van der Waals surface area contributed by atoms with Gasteiger partial charge in [0, 0.05) is 19.5 Å². The van der Waals surface area contributed by atoms with Crippen molar-refractivity contribution in [1.29, 1.82) is 0 Å². The first kappa shape index (κ1) is 30.5. The van der Waals surface area contributed by atoms with E-state index in [-0.39, 0.29) is 60.0 Å². The van der Waals surface area contributed by atoms with E-state index in [9.17, 15) is 13.2 Å². The number of carbonyl (C=O) groups excluding carboxylic acids is 1. The Morgan fingerprint density at radius 3 is 2.77 bits per heavy atom. The highest BCUT2D eigenvalue weighted by Crippen LogP contribution is 2.39. The maximum absolute atomic E-state index is 14.0. The highest BCUT2D eigenvalue weighted by atomic mass is 35.5. The van der Waals surface area contributed by atoms with Gasteiger partial charge in [-0.2, -0.15) is 4.31 Å². The monoisotopic (exact) mass is 637 g/mol. The molecule has 2 aliphatic rings. The van der Waals surface area contributed by atoms with Gasteiger partial charge in [-0.15, -0.1) is 5.10 Å². The van der Waals surface area contributed by atoms with Crippen LogP contribution in [0, 0.1) is 6.92 Å². The van der Waals surface area contributed by atoms with Crippen molar-refractivity contribution < 1.29 is 22.7 Å². The molecule has 12 heteroatoms. The first-order chi connectivity index (χ1) is 21.1. The van der Waals surface area contributed by atoms with Crippen LogP contribution in [0.2, 0.25) is 5.15 Å². The van der Waals surface area contributed by atoms with Crippen LogP contribution in [0.5, 0.6) is 5.88 Å². The molecule has 6 rings (SSSR count). The molecule has 1 aliphatic carbocycles. The summed E-state index contributed by atoms with van der Waals surface area (Å²) in [6.07, 6.45) is 3.11. The number of hydrogen-bond donors (Lipinski definition) is 0. The molecule has 0 bridgehead atoms. The summed E-state index contributed by atoms with van der Waals surface area (Å²) in [5.41, 5.74) is 7.86. The van der Waals surface area contributed by atoms with Gasteiger partial charge in [0.15, 0.2) is 0 Å². The minimum Gasteiger partial charge on any atom is -0.472 e. The standard InChI is InChI=1S/C32H36ClN5O5S/c1-5-23-18-38(44(40,41)28-12-13-29(33)34-32(28)43-23)17-22-15-21(14-20-8-7-9-25(20)22)26(16-30(39)42-6-2)24-10-11-27-31(19(24)3)35-36-37(27)4/h10-15,23,26H,5-9,16-18H2,1-4H3/t23-,26?/m1/s1. The lowest BCUT2D eigenvalue weighted by Gasteiger charge is -2.26. The highest BCUT2D eigenvalue weighted by Gasteiger charge is 2.36. The molecular formula is C32H36ClN5O5S. The van der Waals surface area contributed by atoms with Crippen LogP contribution in [-0.2, 0) is 46.0 Å². The molecule has 1 unspecified atom stereocenters. The minimum atomic E-state index is -3.94. The number of hydrogen-bond acceptors (Lipinski definition) is 8. The fraction of sp³-hybridized carbons (Fsp3) is 0.438. The Balaban J connectivity index is 1.45. The molecule has 10 nitrogen and oxygen atoms in total. The van der Waals surface area contributed by atoms with Crippen LogP contribution in [0.1, 0.15) is 72.4 Å². The number of nitrogens with zero attached hydrogens (tertiary/aromatic N) is 5. The zero-order valence-corrected chi connectivity index (χ0v) is 26.9. The number of aryl methyl sites for hydroxylation is 3. The van der Waals surface area contributed by atoms with E-state index in [0.717, 1.165) is 52.5 Å². The average molecular weight is 638 g/mol. The van der Waals surface area contributed by atoms with Crippen molar-refractivity contribution >= 4 is 38.6 Å². The first-order valence-electron chi connectivity index (χ1n) is 15.0. The van der Waals surface area contributed by atoms with E-state index in [4.69, 9.17) is 21.1 Å². The third-order valence-corrected chi connectivity index (χ3v) is 10.8. The molecule has 2 aromatic heterocycles. The predicted molar refractivity (Wildman–Crippen MR) is 166 cm³/mol. The number of carbonyl (C=O) groups is 1. The SMILES string of the molecule is CCOC(=O)CC(c1cc2c(c(CN3C[C@@H](CC)Oc4nc(Cl)ccc4S3(=O)=O)c1)CCC2)c1ccc2c(nnn2C)c1C. The molecule has 2 aromatic carbocycles. The number of pyridine rings is 1. The second-order valence-corrected chi connectivity index (χ2v) is 13.8. The van der Waals surface area contributed by atoms with E-state index in [1.165, 1.54) is 27.6 Å². The molecule has 0 spiro atoms. The van der Waals surface area contributed by atoms with Crippen LogP contribution in [0.3, 0.4) is 0 Å². The normalized spacial score (nSPS) is 18.3. The van der Waals surface area contributed by atoms with Gasteiger partial charge in [0.1, 0.15) is 21.7 Å². The molecule has 4 aromatic rings. The molecule has 2 atom stereocenters. The molecule has 0 amide bonds. The topological polar surface area (TPSA) is 117 Å². The lowest BCUT2D eigenvalue weighted by molar-refractivity contribution is -0.143. The number of fused-ring (bicyclic) bond motifs is 3. The van der Waals surface area contributed by atoms with Crippen molar-refractivity contribution in [1.82, 2.24) is 24.3 Å². The van der Waals surface area contributed by atoms with Crippen LogP contribution in [0.4, 0.5) is 0 Å². The third kappa shape index (κ3) is 5.57. The number of sulfonamides is 1. The Hall–Kier alpha value is -3.54. The second-order valence-electron chi connectivity index (χ2n) is 11.5. The van der Waals surface area contributed by atoms with E-state index in [0.29, 0.717) is 6.42 Å². The second kappa shape index (κ2) is 12.1. The molecule has 0 saturated heterocycles. The van der Waals surface area contributed by atoms with Crippen LogP contribution in [0.15, 0.2) is 41.3 Å². The largest absolute Gasteiger partial charge is 0.472 e. The number of esters is 1. The van der Waals surface area contributed by atoms with Crippen LogP contribution in [0.25, 0.3) is 11.0 Å². The summed E-state index contributed by atoms with van der Waals surface area (Å²) in [6, 6.07) is 11.2. The Morgan fingerprint density at radius 2 is 2.00 bits per heavy atom. The molecule has 1 aliphatic heterocycles. The molecule has 0 saturated carbocycles. The molecule has 3 heterocycles. The summed E-state index contributed by atoms with van der Waals surface area (Å²) in [7, 11) is -2.09. The lowest BCUT2D eigenvalue weighted by Crippen LogP contribution is -2.36. The van der Waals surface area contributed by atoms with E-state index >= 15 is 0 Å². The third-order valence-electron chi connectivity index (χ3n) is 8.76. The number of aromatic nitrogens is 4. The summed E-state index contributed by atoms with van der Waals surface area (Å²) in [5, 5.41) is 8.75. The van der Waals surface area contributed by atoms with Gasteiger partial charge in [0.05, 0.1) is 25.1 Å². The summed E-state index contributed by atoms with van der Waals surface area (Å²) in [4.78, 5) is 17.2. The smallest absolute Gasteiger partial charge is 0.306 e. The summed E-state index contributed by atoms with van der Waals surface area (Å²) in [6.45, 7) is 6.41. The first-order valence-corrected chi connectivity index (χ1v) is 16.8. The van der Waals surface area contributed by atoms with E-state index < -0.39 is 10.0 Å². The summed E-state index contributed by atoms with van der Waals surface area (Å²) in [5.74, 6) is -0.571. The van der Waals surface area contributed by atoms with Crippen LogP contribution < -0.4 is 4.74 Å². The maximum Gasteiger partial charge on any atom is 0.306 e. The fourth-order valence-electron chi connectivity index (χ4n) is 6.48. The highest BCUT2D eigenvalue weighted by molar-refractivity contribution is 7.89. The molecule has 0 N–H and O–H groups in total. The number of benzene rings is 2. The zero-order valence-electron chi connectivity index (χ0n) is 25.3. The van der Waals surface area contributed by atoms with E-state index in [2.05, 4.69) is 27.4 Å². The summed E-state index contributed by atoms with van der Waals surface area (Å²) >= 11 is 6.10. The number of halogens is 1. The van der Waals surface area contributed by atoms with Gasteiger partial charge >= 0.3 is 5.97 Å². The Morgan fingerprint density at radius 1 is 1.18 bits per heavy atom. The Bertz CT molecular complexity index is 1860. The van der Waals surface area contributed by atoms with Crippen molar-refractivity contribution in [3.63, 3.8) is 0 Å². The number of ether oxygens (including phenoxy) is 2. The lowest BCUT2D eigenvalue weighted by atomic mass is 9.83. The Labute approximate surface area is 262 Å². The van der Waals surface area contributed by atoms with Gasteiger partial charge in [-0.05, 0) is 91.1 Å². The molecule has 44 heavy (non-hydrogen) atoms. The predicted octanol–water partition coefficient (Wildman–Crippen LogP) is 5.26. The fourth-order valence-corrected chi connectivity index (χ4v) is 8.13. The van der Waals surface area contributed by atoms with Crippen molar-refractivity contribution in [2.24, 2.45) is 7.05 Å².